The number of rotatable bonds is 7. The molecule has 3 rings (SSSR count). The molecule has 2 aromatic carbocycles. The lowest BCUT2D eigenvalue weighted by Crippen LogP contribution is -2.20. The van der Waals surface area contributed by atoms with Crippen LogP contribution in [0.3, 0.4) is 0 Å². The molecular formula is C22H23ClN2O3S. The minimum atomic E-state index is -0.262. The minimum absolute atomic E-state index is 0.0997. The summed E-state index contributed by atoms with van der Waals surface area (Å²) in [6, 6.07) is 11.4. The molecule has 0 aliphatic rings. The highest BCUT2D eigenvalue weighted by atomic mass is 35.5. The molecule has 1 N–H and O–H groups in total. The first kappa shape index (κ1) is 21.1. The lowest BCUT2D eigenvalue weighted by atomic mass is 10.1. The van der Waals surface area contributed by atoms with Gasteiger partial charge in [0.05, 0.1) is 12.3 Å². The molecule has 1 amide bonds. The van der Waals surface area contributed by atoms with Crippen molar-refractivity contribution in [1.82, 2.24) is 4.98 Å². The van der Waals surface area contributed by atoms with E-state index in [1.165, 1.54) is 11.3 Å². The lowest BCUT2D eigenvalue weighted by Gasteiger charge is -2.09. The summed E-state index contributed by atoms with van der Waals surface area (Å²) in [6.07, 6.45) is 0. The van der Waals surface area contributed by atoms with Crippen LogP contribution in [0.1, 0.15) is 22.9 Å². The van der Waals surface area contributed by atoms with Gasteiger partial charge in [0, 0.05) is 15.5 Å². The molecule has 0 bridgehead atoms. The molecule has 0 saturated heterocycles. The Labute approximate surface area is 179 Å². The number of halogens is 1. The molecule has 0 saturated carbocycles. The first-order valence-corrected chi connectivity index (χ1v) is 10.5. The van der Waals surface area contributed by atoms with Gasteiger partial charge >= 0.3 is 0 Å². The van der Waals surface area contributed by atoms with Gasteiger partial charge in [-0.15, -0.1) is 11.3 Å². The van der Waals surface area contributed by atoms with Gasteiger partial charge in [-0.05, 0) is 75.2 Å². The second kappa shape index (κ2) is 9.29. The van der Waals surface area contributed by atoms with Crippen LogP contribution in [0.15, 0.2) is 36.4 Å². The second-order valence-corrected chi connectivity index (χ2v) is 8.17. The monoisotopic (exact) mass is 430 g/mol. The average Bonchev–Trinajstić information content (AvgIpc) is 3.05. The summed E-state index contributed by atoms with van der Waals surface area (Å²) < 4.78 is 11.1. The van der Waals surface area contributed by atoms with Gasteiger partial charge in [-0.3, -0.25) is 10.1 Å². The Hall–Kier alpha value is -2.57. The van der Waals surface area contributed by atoms with E-state index in [1.54, 1.807) is 0 Å². The van der Waals surface area contributed by atoms with Crippen molar-refractivity contribution in [3.63, 3.8) is 0 Å². The van der Waals surface area contributed by atoms with Crippen molar-refractivity contribution in [2.45, 2.75) is 27.7 Å². The molecule has 0 unspecified atom stereocenters. The largest absolute Gasteiger partial charge is 0.494 e. The van der Waals surface area contributed by atoms with Gasteiger partial charge in [-0.1, -0.05) is 11.6 Å². The molecule has 0 aliphatic heterocycles. The van der Waals surface area contributed by atoms with Gasteiger partial charge in [-0.2, -0.15) is 0 Å². The summed E-state index contributed by atoms with van der Waals surface area (Å²) in [5.74, 6) is 1.18. The number of amides is 1. The van der Waals surface area contributed by atoms with E-state index in [4.69, 9.17) is 21.1 Å². The number of anilines is 1. The predicted molar refractivity (Wildman–Crippen MR) is 119 cm³/mol. The SMILES string of the molecule is CCOc1ccc(-c2nc(NC(=O)COc3cc(C)c(Cl)c(C)c3)sc2C)cc1. The van der Waals surface area contributed by atoms with Crippen molar-refractivity contribution in [3.05, 3.63) is 57.4 Å². The molecule has 1 heterocycles. The summed E-state index contributed by atoms with van der Waals surface area (Å²) in [6.45, 7) is 8.27. The van der Waals surface area contributed by atoms with Crippen LogP contribution in [0, 0.1) is 20.8 Å². The molecule has 0 spiro atoms. The second-order valence-electron chi connectivity index (χ2n) is 6.59. The molecule has 5 nitrogen and oxygen atoms in total. The zero-order valence-corrected chi connectivity index (χ0v) is 18.4. The van der Waals surface area contributed by atoms with E-state index in [-0.39, 0.29) is 12.5 Å². The first-order valence-electron chi connectivity index (χ1n) is 9.27. The summed E-state index contributed by atoms with van der Waals surface area (Å²) in [5.41, 5.74) is 3.65. The zero-order valence-electron chi connectivity index (χ0n) is 16.8. The molecule has 29 heavy (non-hydrogen) atoms. The van der Waals surface area contributed by atoms with Crippen molar-refractivity contribution < 1.29 is 14.3 Å². The molecule has 7 heteroatoms. The highest BCUT2D eigenvalue weighted by Crippen LogP contribution is 2.31. The minimum Gasteiger partial charge on any atom is -0.494 e. The number of benzene rings is 2. The van der Waals surface area contributed by atoms with Gasteiger partial charge in [0.2, 0.25) is 0 Å². The van der Waals surface area contributed by atoms with Crippen LogP contribution in [0.2, 0.25) is 5.02 Å². The van der Waals surface area contributed by atoms with E-state index < -0.39 is 0 Å². The van der Waals surface area contributed by atoms with Crippen molar-refractivity contribution in [1.29, 1.82) is 0 Å². The third-order valence-electron chi connectivity index (χ3n) is 4.26. The number of nitrogens with zero attached hydrogens (tertiary/aromatic N) is 1. The van der Waals surface area contributed by atoms with Crippen LogP contribution < -0.4 is 14.8 Å². The van der Waals surface area contributed by atoms with Crippen molar-refractivity contribution in [3.8, 4) is 22.8 Å². The van der Waals surface area contributed by atoms with Gasteiger partial charge in [0.1, 0.15) is 11.5 Å². The van der Waals surface area contributed by atoms with E-state index in [1.807, 2.05) is 64.1 Å². The summed E-state index contributed by atoms with van der Waals surface area (Å²) in [5, 5.41) is 4.06. The summed E-state index contributed by atoms with van der Waals surface area (Å²) >= 11 is 7.60. The number of hydrogen-bond acceptors (Lipinski definition) is 5. The summed E-state index contributed by atoms with van der Waals surface area (Å²) in [4.78, 5) is 17.9. The normalized spacial score (nSPS) is 10.7. The number of aryl methyl sites for hydroxylation is 3. The topological polar surface area (TPSA) is 60.5 Å². The van der Waals surface area contributed by atoms with Gasteiger partial charge in [0.25, 0.3) is 5.91 Å². The molecule has 1 aromatic heterocycles. The Bertz CT molecular complexity index is 992. The Morgan fingerprint density at radius 1 is 1.07 bits per heavy atom. The molecular weight excluding hydrogens is 408 g/mol. The number of hydrogen-bond donors (Lipinski definition) is 1. The number of carbonyl (C=O) groups excluding carboxylic acids is 1. The van der Waals surface area contributed by atoms with E-state index in [9.17, 15) is 4.79 Å². The molecule has 0 aliphatic carbocycles. The fourth-order valence-electron chi connectivity index (χ4n) is 2.89. The van der Waals surface area contributed by atoms with Gasteiger partial charge < -0.3 is 9.47 Å². The Morgan fingerprint density at radius 2 is 1.72 bits per heavy atom. The van der Waals surface area contributed by atoms with Gasteiger partial charge in [0.15, 0.2) is 11.7 Å². The molecule has 0 radical (unpaired) electrons. The number of ether oxygens (including phenoxy) is 2. The summed E-state index contributed by atoms with van der Waals surface area (Å²) in [7, 11) is 0. The van der Waals surface area contributed by atoms with Crippen molar-refractivity contribution in [2.75, 3.05) is 18.5 Å². The van der Waals surface area contributed by atoms with Crippen LogP contribution in [0.25, 0.3) is 11.3 Å². The van der Waals surface area contributed by atoms with E-state index in [2.05, 4.69) is 10.3 Å². The van der Waals surface area contributed by atoms with E-state index >= 15 is 0 Å². The molecule has 3 aromatic rings. The quantitative estimate of drug-likeness (QED) is 0.514. The lowest BCUT2D eigenvalue weighted by molar-refractivity contribution is -0.118. The maximum atomic E-state index is 12.3. The molecule has 0 fully saturated rings. The predicted octanol–water partition coefficient (Wildman–Crippen LogP) is 5.80. The van der Waals surface area contributed by atoms with E-state index in [0.29, 0.717) is 22.5 Å². The van der Waals surface area contributed by atoms with Crippen LogP contribution in [0.5, 0.6) is 11.5 Å². The number of thiazole rings is 1. The average molecular weight is 431 g/mol. The standard InChI is InChI=1S/C22H23ClN2O3S/c1-5-27-17-8-6-16(7-9-17)21-15(4)29-22(25-21)24-19(26)12-28-18-10-13(2)20(23)14(3)11-18/h6-11H,5,12H2,1-4H3,(H,24,25,26). The highest BCUT2D eigenvalue weighted by molar-refractivity contribution is 7.16. The third-order valence-corrected chi connectivity index (χ3v) is 5.74. The maximum Gasteiger partial charge on any atom is 0.264 e. The highest BCUT2D eigenvalue weighted by Gasteiger charge is 2.13. The van der Waals surface area contributed by atoms with Gasteiger partial charge in [-0.25, -0.2) is 4.98 Å². The smallest absolute Gasteiger partial charge is 0.264 e. The fraction of sp³-hybridized carbons (Fsp3) is 0.273. The van der Waals surface area contributed by atoms with Crippen molar-refractivity contribution >= 4 is 34.0 Å². The number of nitrogens with one attached hydrogen (secondary N) is 1. The van der Waals surface area contributed by atoms with Crippen LogP contribution >= 0.6 is 22.9 Å². The van der Waals surface area contributed by atoms with Crippen LogP contribution in [-0.2, 0) is 4.79 Å². The Kier molecular flexibility index (Phi) is 6.77. The van der Waals surface area contributed by atoms with Crippen molar-refractivity contribution in [2.24, 2.45) is 0 Å². The fourth-order valence-corrected chi connectivity index (χ4v) is 3.85. The third kappa shape index (κ3) is 5.28. The van der Waals surface area contributed by atoms with E-state index in [0.717, 1.165) is 33.0 Å². The first-order chi connectivity index (χ1) is 13.9. The molecule has 0 atom stereocenters. The number of aromatic nitrogens is 1. The maximum absolute atomic E-state index is 12.3. The van der Waals surface area contributed by atoms with Crippen LogP contribution in [0.4, 0.5) is 5.13 Å². The number of carbonyl (C=O) groups is 1. The Balaban J connectivity index is 1.63. The van der Waals surface area contributed by atoms with Crippen LogP contribution in [-0.4, -0.2) is 24.1 Å². The molecule has 152 valence electrons. The Morgan fingerprint density at radius 3 is 2.34 bits per heavy atom. The zero-order chi connectivity index (χ0) is 21.0.